The van der Waals surface area contributed by atoms with Crippen LogP contribution in [0, 0.1) is 0 Å². The topological polar surface area (TPSA) is 65.7 Å². The Kier molecular flexibility index (Phi) is 6.83. The molecule has 4 rings (SSSR count). The molecule has 0 radical (unpaired) electrons. The third-order valence-electron chi connectivity index (χ3n) is 5.28. The molecule has 0 aliphatic carbocycles. The molecule has 0 aliphatic rings. The van der Waals surface area contributed by atoms with Gasteiger partial charge in [0.25, 0.3) is 5.56 Å². The molecule has 1 heterocycles. The maximum absolute atomic E-state index is 13.3. The zero-order chi connectivity index (χ0) is 23.2. The van der Waals surface area contributed by atoms with E-state index >= 15 is 0 Å². The average molecular weight is 442 g/mol. The van der Waals surface area contributed by atoms with Gasteiger partial charge in [-0.1, -0.05) is 49.4 Å². The highest BCUT2D eigenvalue weighted by molar-refractivity contribution is 5.82. The summed E-state index contributed by atoms with van der Waals surface area (Å²) in [6.45, 7) is 6.55. The van der Waals surface area contributed by atoms with Gasteiger partial charge in [-0.2, -0.15) is 9.78 Å². The van der Waals surface area contributed by atoms with Crippen LogP contribution in [0.4, 0.5) is 0 Å². The van der Waals surface area contributed by atoms with Crippen LogP contribution in [-0.4, -0.2) is 28.6 Å². The summed E-state index contributed by atoms with van der Waals surface area (Å²) < 4.78 is 13.1. The van der Waals surface area contributed by atoms with Gasteiger partial charge in [0.15, 0.2) is 17.3 Å². The highest BCUT2D eigenvalue weighted by Gasteiger charge is 2.13. The lowest BCUT2D eigenvalue weighted by atomic mass is 10.2. The summed E-state index contributed by atoms with van der Waals surface area (Å²) in [5.41, 5.74) is 2.01. The molecule has 0 saturated carbocycles. The number of fused-ring (bicyclic) bond motifs is 1. The number of nitrogens with zero attached hydrogens (tertiary/aromatic N) is 3. The molecule has 0 N–H and O–H groups in total. The molecular formula is C27H27N3O3. The molecule has 6 heteroatoms. The van der Waals surface area contributed by atoms with Crippen LogP contribution in [0.2, 0.25) is 0 Å². The van der Waals surface area contributed by atoms with Gasteiger partial charge >= 0.3 is 0 Å². The average Bonchev–Trinajstić information content (AvgIpc) is 2.85. The van der Waals surface area contributed by atoms with Gasteiger partial charge in [0.1, 0.15) is 0 Å². The highest BCUT2D eigenvalue weighted by Crippen LogP contribution is 2.29. The van der Waals surface area contributed by atoms with Gasteiger partial charge in [-0.25, -0.2) is 4.98 Å². The third kappa shape index (κ3) is 4.95. The van der Waals surface area contributed by atoms with Crippen LogP contribution < -0.4 is 15.0 Å². The van der Waals surface area contributed by atoms with Crippen molar-refractivity contribution in [1.82, 2.24) is 9.66 Å². The molecule has 1 aromatic heterocycles. The molecule has 4 aromatic rings. The first-order valence-corrected chi connectivity index (χ1v) is 11.2. The zero-order valence-electron chi connectivity index (χ0n) is 19.1. The standard InChI is InChI=1S/C27H27N3O3/c1-4-19(3)33-24-16-15-20(17-25(24)32-5-2)18-28-30-26(21-11-7-6-8-12-21)29-23-14-10-9-13-22(23)27(30)31/h6-19H,4-5H2,1-3H3/t19-/m1/s1. The first-order chi connectivity index (χ1) is 16.1. The molecule has 1 atom stereocenters. The van der Waals surface area contributed by atoms with E-state index < -0.39 is 0 Å². The van der Waals surface area contributed by atoms with Crippen LogP contribution in [0.3, 0.4) is 0 Å². The monoisotopic (exact) mass is 441 g/mol. The van der Waals surface area contributed by atoms with E-state index in [0.29, 0.717) is 34.8 Å². The van der Waals surface area contributed by atoms with E-state index in [-0.39, 0.29) is 11.7 Å². The van der Waals surface area contributed by atoms with Gasteiger partial charge in [0.2, 0.25) is 0 Å². The molecule has 0 unspecified atom stereocenters. The second kappa shape index (κ2) is 10.1. The van der Waals surface area contributed by atoms with E-state index in [2.05, 4.69) is 12.0 Å². The maximum Gasteiger partial charge on any atom is 0.282 e. The Morgan fingerprint density at radius 1 is 1.00 bits per heavy atom. The highest BCUT2D eigenvalue weighted by atomic mass is 16.5. The number of aromatic nitrogens is 2. The van der Waals surface area contributed by atoms with Crippen molar-refractivity contribution < 1.29 is 9.47 Å². The molecule has 0 fully saturated rings. The number of para-hydroxylation sites is 1. The van der Waals surface area contributed by atoms with Crippen molar-refractivity contribution >= 4 is 17.1 Å². The minimum absolute atomic E-state index is 0.0828. The van der Waals surface area contributed by atoms with Gasteiger partial charge in [0.05, 0.1) is 29.8 Å². The third-order valence-corrected chi connectivity index (χ3v) is 5.28. The molecular weight excluding hydrogens is 414 g/mol. The normalized spacial score (nSPS) is 12.2. The summed E-state index contributed by atoms with van der Waals surface area (Å²) in [5, 5.41) is 5.05. The lowest BCUT2D eigenvalue weighted by Crippen LogP contribution is -2.20. The molecule has 0 amide bonds. The quantitative estimate of drug-likeness (QED) is 0.338. The van der Waals surface area contributed by atoms with Crippen LogP contribution in [0.1, 0.15) is 32.8 Å². The Bertz CT molecular complexity index is 1330. The first-order valence-electron chi connectivity index (χ1n) is 11.2. The van der Waals surface area contributed by atoms with Gasteiger partial charge in [-0.3, -0.25) is 4.79 Å². The largest absolute Gasteiger partial charge is 0.490 e. The summed E-state index contributed by atoms with van der Waals surface area (Å²) in [6.07, 6.45) is 2.62. The van der Waals surface area contributed by atoms with Gasteiger partial charge in [-0.15, -0.1) is 0 Å². The van der Waals surface area contributed by atoms with E-state index in [1.165, 1.54) is 4.68 Å². The maximum atomic E-state index is 13.3. The second-order valence-electron chi connectivity index (χ2n) is 7.66. The van der Waals surface area contributed by atoms with E-state index in [9.17, 15) is 4.79 Å². The molecule has 6 nitrogen and oxygen atoms in total. The fourth-order valence-corrected chi connectivity index (χ4v) is 3.40. The van der Waals surface area contributed by atoms with Crippen LogP contribution >= 0.6 is 0 Å². The van der Waals surface area contributed by atoms with Crippen molar-refractivity contribution in [2.45, 2.75) is 33.3 Å². The van der Waals surface area contributed by atoms with Gasteiger partial charge < -0.3 is 9.47 Å². The number of benzene rings is 3. The summed E-state index contributed by atoms with van der Waals surface area (Å²) in [7, 11) is 0. The molecule has 168 valence electrons. The Balaban J connectivity index is 1.78. The Hall–Kier alpha value is -3.93. The van der Waals surface area contributed by atoms with E-state index in [0.717, 1.165) is 17.5 Å². The summed E-state index contributed by atoms with van der Waals surface area (Å²) in [4.78, 5) is 18.0. The summed E-state index contributed by atoms with van der Waals surface area (Å²) >= 11 is 0. The fourth-order valence-electron chi connectivity index (χ4n) is 3.40. The summed E-state index contributed by atoms with van der Waals surface area (Å²) in [6, 6.07) is 22.5. The van der Waals surface area contributed by atoms with Gasteiger partial charge in [0, 0.05) is 5.56 Å². The Morgan fingerprint density at radius 3 is 2.52 bits per heavy atom. The predicted octanol–water partition coefficient (Wildman–Crippen LogP) is 5.52. The second-order valence-corrected chi connectivity index (χ2v) is 7.66. The summed E-state index contributed by atoms with van der Waals surface area (Å²) in [5.74, 6) is 1.82. The molecule has 0 aliphatic heterocycles. The Morgan fingerprint density at radius 2 is 1.76 bits per heavy atom. The number of hydrogen-bond acceptors (Lipinski definition) is 5. The minimum atomic E-state index is -0.225. The molecule has 33 heavy (non-hydrogen) atoms. The first kappa shape index (κ1) is 22.3. The number of rotatable bonds is 8. The number of hydrogen-bond donors (Lipinski definition) is 0. The fraction of sp³-hybridized carbons (Fsp3) is 0.222. The van der Waals surface area contributed by atoms with E-state index in [1.807, 2.05) is 80.6 Å². The lowest BCUT2D eigenvalue weighted by molar-refractivity contribution is 0.203. The van der Waals surface area contributed by atoms with Crippen molar-refractivity contribution in [3.63, 3.8) is 0 Å². The van der Waals surface area contributed by atoms with Crippen molar-refractivity contribution in [2.24, 2.45) is 5.10 Å². The van der Waals surface area contributed by atoms with Crippen molar-refractivity contribution in [3.8, 4) is 22.9 Å². The smallest absolute Gasteiger partial charge is 0.282 e. The van der Waals surface area contributed by atoms with Crippen molar-refractivity contribution in [2.75, 3.05) is 6.61 Å². The van der Waals surface area contributed by atoms with E-state index in [4.69, 9.17) is 14.5 Å². The molecule has 0 saturated heterocycles. The van der Waals surface area contributed by atoms with E-state index in [1.54, 1.807) is 12.3 Å². The van der Waals surface area contributed by atoms with Crippen LogP contribution in [-0.2, 0) is 0 Å². The number of ether oxygens (including phenoxy) is 2. The van der Waals surface area contributed by atoms with Crippen LogP contribution in [0.25, 0.3) is 22.3 Å². The molecule has 3 aromatic carbocycles. The molecule has 0 bridgehead atoms. The van der Waals surface area contributed by atoms with Gasteiger partial charge in [-0.05, 0) is 56.2 Å². The minimum Gasteiger partial charge on any atom is -0.490 e. The SMILES string of the molecule is CCOc1cc(C=Nn2c(-c3ccccc3)nc3ccccc3c2=O)ccc1O[C@H](C)CC. The van der Waals surface area contributed by atoms with Crippen molar-refractivity contribution in [3.05, 3.63) is 88.7 Å². The zero-order valence-corrected chi connectivity index (χ0v) is 19.1. The van der Waals surface area contributed by atoms with Crippen molar-refractivity contribution in [1.29, 1.82) is 0 Å². The lowest BCUT2D eigenvalue weighted by Gasteiger charge is -2.16. The van der Waals surface area contributed by atoms with Crippen LogP contribution in [0.5, 0.6) is 11.5 Å². The predicted molar refractivity (Wildman–Crippen MR) is 132 cm³/mol. The molecule has 0 spiro atoms. The van der Waals surface area contributed by atoms with Crippen LogP contribution in [0.15, 0.2) is 82.7 Å². The Labute approximate surface area is 193 Å².